The molecule has 0 heterocycles. The van der Waals surface area contributed by atoms with Crippen LogP contribution in [0.5, 0.6) is 0 Å². The monoisotopic (exact) mass is 442 g/mol. The van der Waals surface area contributed by atoms with Crippen molar-refractivity contribution in [3.8, 4) is 0 Å². The Labute approximate surface area is 174 Å². The Morgan fingerprint density at radius 1 is 1.13 bits per heavy atom. The highest BCUT2D eigenvalue weighted by Crippen LogP contribution is 2.31. The first-order chi connectivity index (χ1) is 14.0. The molecule has 0 bridgehead atoms. The summed E-state index contributed by atoms with van der Waals surface area (Å²) in [6.45, 7) is 2.80. The fraction of sp³-hybridized carbons (Fsp3) is 0.350. The summed E-state index contributed by atoms with van der Waals surface area (Å²) >= 11 is 0. The number of halogens is 3. The highest BCUT2D eigenvalue weighted by atomic mass is 32.2. The maximum absolute atomic E-state index is 12.9. The molecule has 0 aliphatic heterocycles. The lowest BCUT2D eigenvalue weighted by Gasteiger charge is -2.16. The number of aliphatic imine (C=N–C) groups is 1. The van der Waals surface area contributed by atoms with Crippen LogP contribution in [-0.2, 0) is 22.7 Å². The van der Waals surface area contributed by atoms with Crippen molar-refractivity contribution in [2.75, 3.05) is 13.6 Å². The fourth-order valence-corrected chi connectivity index (χ4v) is 3.31. The Morgan fingerprint density at radius 3 is 2.37 bits per heavy atom. The van der Waals surface area contributed by atoms with Crippen molar-refractivity contribution >= 4 is 16.0 Å². The zero-order valence-electron chi connectivity index (χ0n) is 16.7. The minimum Gasteiger partial charge on any atom is -0.356 e. The second kappa shape index (κ2) is 9.94. The molecule has 164 valence electrons. The van der Waals surface area contributed by atoms with Gasteiger partial charge in [-0.25, -0.2) is 13.6 Å². The third kappa shape index (κ3) is 7.03. The first-order valence-corrected chi connectivity index (χ1v) is 10.8. The van der Waals surface area contributed by atoms with Gasteiger partial charge in [-0.3, -0.25) is 4.99 Å². The molecule has 2 aromatic rings. The predicted octanol–water partition coefficient (Wildman–Crippen LogP) is 3.21. The Kier molecular flexibility index (Phi) is 7.85. The van der Waals surface area contributed by atoms with E-state index in [1.165, 1.54) is 24.3 Å². The van der Waals surface area contributed by atoms with Gasteiger partial charge >= 0.3 is 6.18 Å². The molecule has 1 unspecified atom stereocenters. The number of benzene rings is 2. The number of rotatable bonds is 7. The molecule has 0 fully saturated rings. The van der Waals surface area contributed by atoms with Crippen molar-refractivity contribution in [2.24, 2.45) is 10.1 Å². The van der Waals surface area contributed by atoms with Gasteiger partial charge in [0.15, 0.2) is 5.96 Å². The van der Waals surface area contributed by atoms with Crippen molar-refractivity contribution in [2.45, 2.75) is 36.9 Å². The first-order valence-electron chi connectivity index (χ1n) is 9.24. The number of hydrogen-bond donors (Lipinski definition) is 3. The van der Waals surface area contributed by atoms with Crippen LogP contribution in [0.3, 0.4) is 0 Å². The van der Waals surface area contributed by atoms with Crippen molar-refractivity contribution in [1.82, 2.24) is 10.6 Å². The summed E-state index contributed by atoms with van der Waals surface area (Å²) in [4.78, 5) is 4.14. The van der Waals surface area contributed by atoms with Gasteiger partial charge in [-0.1, -0.05) is 37.3 Å². The van der Waals surface area contributed by atoms with Crippen LogP contribution < -0.4 is 15.8 Å². The molecule has 0 amide bonds. The van der Waals surface area contributed by atoms with Crippen LogP contribution in [0.25, 0.3) is 0 Å². The number of sulfonamides is 1. The lowest BCUT2D eigenvalue weighted by Crippen LogP contribution is -2.37. The molecule has 30 heavy (non-hydrogen) atoms. The molecule has 10 heteroatoms. The van der Waals surface area contributed by atoms with E-state index in [0.29, 0.717) is 31.0 Å². The number of hydrogen-bond acceptors (Lipinski definition) is 3. The normalized spacial score (nSPS) is 13.7. The molecule has 0 aliphatic carbocycles. The molecule has 0 spiro atoms. The van der Waals surface area contributed by atoms with Crippen LogP contribution in [0.15, 0.2) is 58.4 Å². The van der Waals surface area contributed by atoms with Crippen molar-refractivity contribution in [1.29, 1.82) is 0 Å². The summed E-state index contributed by atoms with van der Waals surface area (Å²) in [6.07, 6.45) is -3.74. The predicted molar refractivity (Wildman–Crippen MR) is 110 cm³/mol. The molecule has 0 aliphatic rings. The highest BCUT2D eigenvalue weighted by Gasteiger charge is 2.30. The molecule has 0 saturated carbocycles. The van der Waals surface area contributed by atoms with E-state index >= 15 is 0 Å². The zero-order chi connectivity index (χ0) is 22.4. The Balaban J connectivity index is 1.84. The highest BCUT2D eigenvalue weighted by molar-refractivity contribution is 7.89. The van der Waals surface area contributed by atoms with E-state index in [1.54, 1.807) is 25.2 Å². The number of nitrogens with zero attached hydrogens (tertiary/aromatic N) is 1. The molecule has 1 atom stereocenters. The number of nitrogens with two attached hydrogens (primary N) is 1. The number of primary sulfonamides is 1. The van der Waals surface area contributed by atoms with Crippen LogP contribution >= 0.6 is 0 Å². The van der Waals surface area contributed by atoms with E-state index in [4.69, 9.17) is 5.14 Å². The van der Waals surface area contributed by atoms with Gasteiger partial charge in [-0.2, -0.15) is 13.2 Å². The van der Waals surface area contributed by atoms with Gasteiger partial charge in [0.25, 0.3) is 0 Å². The largest absolute Gasteiger partial charge is 0.416 e. The number of nitrogens with one attached hydrogen (secondary N) is 2. The van der Waals surface area contributed by atoms with Crippen molar-refractivity contribution in [3.63, 3.8) is 0 Å². The molecular weight excluding hydrogens is 417 g/mol. The van der Waals surface area contributed by atoms with Crippen molar-refractivity contribution < 1.29 is 21.6 Å². The fourth-order valence-electron chi connectivity index (χ4n) is 2.80. The molecule has 2 rings (SSSR count). The third-order valence-electron chi connectivity index (χ3n) is 4.59. The number of guanidine groups is 1. The Bertz CT molecular complexity index is 974. The van der Waals surface area contributed by atoms with Gasteiger partial charge in [-0.05, 0) is 41.7 Å². The van der Waals surface area contributed by atoms with Crippen LogP contribution in [-0.4, -0.2) is 28.0 Å². The standard InChI is InChI=1S/C20H25F3N4O2S/c1-14(16-4-3-5-17(12-16)20(21,22)23)10-11-26-19(25-2)27-13-15-6-8-18(9-7-15)30(24,28)29/h3-9,12,14H,10-11,13H2,1-2H3,(H2,24,28,29)(H2,25,26,27). The Hall–Kier alpha value is -2.59. The topological polar surface area (TPSA) is 96.6 Å². The van der Waals surface area contributed by atoms with E-state index in [-0.39, 0.29) is 10.8 Å². The minimum absolute atomic E-state index is 0.0392. The molecule has 2 aromatic carbocycles. The quantitative estimate of drug-likeness (QED) is 0.453. The second-order valence-corrected chi connectivity index (χ2v) is 8.42. The lowest BCUT2D eigenvalue weighted by atomic mass is 9.96. The van der Waals surface area contributed by atoms with E-state index in [2.05, 4.69) is 15.6 Å². The second-order valence-electron chi connectivity index (χ2n) is 6.85. The minimum atomic E-state index is -4.35. The number of alkyl halides is 3. The van der Waals surface area contributed by atoms with E-state index < -0.39 is 21.8 Å². The van der Waals surface area contributed by atoms with E-state index in [1.807, 2.05) is 6.92 Å². The molecular formula is C20H25F3N4O2S. The molecule has 0 saturated heterocycles. The molecule has 4 N–H and O–H groups in total. The average Bonchev–Trinajstić information content (AvgIpc) is 2.69. The van der Waals surface area contributed by atoms with E-state index in [9.17, 15) is 21.6 Å². The Morgan fingerprint density at radius 2 is 1.80 bits per heavy atom. The lowest BCUT2D eigenvalue weighted by molar-refractivity contribution is -0.137. The summed E-state index contributed by atoms with van der Waals surface area (Å²) in [5, 5.41) is 11.3. The van der Waals surface area contributed by atoms with Gasteiger partial charge in [0.1, 0.15) is 0 Å². The van der Waals surface area contributed by atoms with Crippen LogP contribution in [0.1, 0.15) is 36.0 Å². The van der Waals surface area contributed by atoms with Gasteiger partial charge < -0.3 is 10.6 Å². The summed E-state index contributed by atoms with van der Waals surface area (Å²) < 4.78 is 61.2. The van der Waals surface area contributed by atoms with Crippen molar-refractivity contribution in [3.05, 3.63) is 65.2 Å². The summed E-state index contributed by atoms with van der Waals surface area (Å²) in [7, 11) is -2.12. The first kappa shape index (κ1) is 23.7. The van der Waals surface area contributed by atoms with Gasteiger partial charge in [0.2, 0.25) is 10.0 Å². The average molecular weight is 443 g/mol. The summed E-state index contributed by atoms with van der Waals surface area (Å²) in [5.74, 6) is 0.463. The van der Waals surface area contributed by atoms with E-state index in [0.717, 1.165) is 11.6 Å². The summed E-state index contributed by atoms with van der Waals surface area (Å²) in [6, 6.07) is 11.5. The molecule has 6 nitrogen and oxygen atoms in total. The van der Waals surface area contributed by atoms with Crippen LogP contribution in [0, 0.1) is 0 Å². The molecule has 0 aromatic heterocycles. The smallest absolute Gasteiger partial charge is 0.356 e. The zero-order valence-corrected chi connectivity index (χ0v) is 17.5. The van der Waals surface area contributed by atoms with Crippen LogP contribution in [0.2, 0.25) is 0 Å². The summed E-state index contributed by atoms with van der Waals surface area (Å²) in [5.41, 5.74) is 0.818. The van der Waals surface area contributed by atoms with Gasteiger partial charge in [0.05, 0.1) is 10.5 Å². The van der Waals surface area contributed by atoms with Gasteiger partial charge in [0, 0.05) is 20.1 Å². The van der Waals surface area contributed by atoms with Crippen LogP contribution in [0.4, 0.5) is 13.2 Å². The molecule has 0 radical (unpaired) electrons. The maximum atomic E-state index is 12.9. The SMILES string of the molecule is CN=C(NCCC(C)c1cccc(C(F)(F)F)c1)NCc1ccc(S(N)(=O)=O)cc1. The third-order valence-corrected chi connectivity index (χ3v) is 5.52. The maximum Gasteiger partial charge on any atom is 0.416 e. The van der Waals surface area contributed by atoms with Gasteiger partial charge in [-0.15, -0.1) is 0 Å².